The van der Waals surface area contributed by atoms with E-state index in [1.807, 2.05) is 11.4 Å². The van der Waals surface area contributed by atoms with Crippen LogP contribution in [0.25, 0.3) is 0 Å². The van der Waals surface area contributed by atoms with Gasteiger partial charge in [-0.1, -0.05) is 0 Å². The molecule has 1 aromatic rings. The number of hydrogen-bond donors (Lipinski definition) is 0. The third-order valence-corrected chi connectivity index (χ3v) is 3.36. The van der Waals surface area contributed by atoms with Crippen LogP contribution in [0, 0.1) is 0 Å². The molecule has 0 aliphatic heterocycles. The van der Waals surface area contributed by atoms with Gasteiger partial charge >= 0.3 is 0 Å². The molecular weight excluding hydrogens is 268 g/mol. The van der Waals surface area contributed by atoms with Crippen molar-refractivity contribution in [3.8, 4) is 0 Å². The minimum absolute atomic E-state index is 0.0654. The molecule has 5 heteroatoms. The summed E-state index contributed by atoms with van der Waals surface area (Å²) in [5.41, 5.74) is 0. The number of rotatable bonds is 5. The fourth-order valence-corrected chi connectivity index (χ4v) is 2.52. The number of ether oxygens (including phenoxy) is 2. The number of ketones is 1. The van der Waals surface area contributed by atoms with Gasteiger partial charge in [0, 0.05) is 35.4 Å². The average molecular weight is 279 g/mol. The highest BCUT2D eigenvalue weighted by Gasteiger charge is 2.17. The van der Waals surface area contributed by atoms with Crippen LogP contribution in [0.15, 0.2) is 15.9 Å². The maximum absolute atomic E-state index is 11.5. The van der Waals surface area contributed by atoms with Gasteiger partial charge in [-0.3, -0.25) is 4.79 Å². The van der Waals surface area contributed by atoms with Gasteiger partial charge in [-0.2, -0.15) is 0 Å². The summed E-state index contributed by atoms with van der Waals surface area (Å²) < 4.78 is 10.7. The first-order valence-electron chi connectivity index (χ1n) is 3.98. The molecule has 0 atom stereocenters. The summed E-state index contributed by atoms with van der Waals surface area (Å²) in [5, 5.41) is 1.94. The zero-order chi connectivity index (χ0) is 10.6. The third-order valence-electron chi connectivity index (χ3n) is 1.66. The summed E-state index contributed by atoms with van der Waals surface area (Å²) in [6, 6.07) is 1.92. The van der Waals surface area contributed by atoms with Gasteiger partial charge in [0.25, 0.3) is 0 Å². The van der Waals surface area contributed by atoms with Crippen LogP contribution in [-0.4, -0.2) is 26.3 Å². The molecule has 0 N–H and O–H groups in total. The summed E-state index contributed by atoms with van der Waals surface area (Å²) in [6.07, 6.45) is -0.404. The highest BCUT2D eigenvalue weighted by Crippen LogP contribution is 2.20. The molecule has 0 aromatic carbocycles. The van der Waals surface area contributed by atoms with Crippen molar-refractivity contribution < 1.29 is 14.3 Å². The van der Waals surface area contributed by atoms with Gasteiger partial charge in [-0.25, -0.2) is 0 Å². The lowest BCUT2D eigenvalue weighted by Gasteiger charge is -2.10. The molecule has 0 saturated heterocycles. The van der Waals surface area contributed by atoms with Crippen LogP contribution in [0.5, 0.6) is 0 Å². The number of thiophene rings is 1. The second-order valence-electron chi connectivity index (χ2n) is 2.68. The Morgan fingerprint density at radius 1 is 1.57 bits per heavy atom. The predicted octanol–water partition coefficient (Wildman–Crippen LogP) is 2.24. The van der Waals surface area contributed by atoms with E-state index in [9.17, 15) is 4.79 Å². The summed E-state index contributed by atoms with van der Waals surface area (Å²) in [5.74, 6) is -0.0654. The SMILES string of the molecule is COC(OC)C(=O)Cc1cc(Br)cs1. The second kappa shape index (κ2) is 5.60. The van der Waals surface area contributed by atoms with Gasteiger partial charge in [0.1, 0.15) is 0 Å². The van der Waals surface area contributed by atoms with Gasteiger partial charge in [-0.15, -0.1) is 11.3 Å². The van der Waals surface area contributed by atoms with Crippen molar-refractivity contribution in [3.63, 3.8) is 0 Å². The Morgan fingerprint density at radius 2 is 2.21 bits per heavy atom. The van der Waals surface area contributed by atoms with Crippen LogP contribution in [0.2, 0.25) is 0 Å². The number of methoxy groups -OCH3 is 2. The molecule has 0 spiro atoms. The largest absolute Gasteiger partial charge is 0.349 e. The first-order valence-corrected chi connectivity index (χ1v) is 5.66. The molecule has 0 aliphatic carbocycles. The number of halogens is 1. The lowest BCUT2D eigenvalue weighted by atomic mass is 10.2. The van der Waals surface area contributed by atoms with Crippen molar-refractivity contribution in [3.05, 3.63) is 20.8 Å². The van der Waals surface area contributed by atoms with Gasteiger partial charge in [0.15, 0.2) is 5.78 Å². The zero-order valence-corrected chi connectivity index (χ0v) is 10.4. The van der Waals surface area contributed by atoms with Gasteiger partial charge in [0.2, 0.25) is 6.29 Å². The molecule has 0 amide bonds. The smallest absolute Gasteiger partial charge is 0.217 e. The maximum atomic E-state index is 11.5. The Morgan fingerprint density at radius 3 is 2.64 bits per heavy atom. The Labute approximate surface area is 95.2 Å². The van der Waals surface area contributed by atoms with E-state index in [1.165, 1.54) is 25.6 Å². The van der Waals surface area contributed by atoms with E-state index in [4.69, 9.17) is 9.47 Å². The summed E-state index contributed by atoms with van der Waals surface area (Å²) in [6.45, 7) is 0. The number of Topliss-reactive ketones (excluding diaryl/α,β-unsaturated/α-hetero) is 1. The normalized spacial score (nSPS) is 10.9. The average Bonchev–Trinajstić information content (AvgIpc) is 2.53. The number of carbonyl (C=O) groups is 1. The number of hydrogen-bond acceptors (Lipinski definition) is 4. The van der Waals surface area contributed by atoms with Gasteiger partial charge in [0.05, 0.1) is 0 Å². The van der Waals surface area contributed by atoms with Crippen LogP contribution in [0.3, 0.4) is 0 Å². The van der Waals surface area contributed by atoms with Crippen LogP contribution >= 0.6 is 27.3 Å². The van der Waals surface area contributed by atoms with E-state index in [0.717, 1.165) is 9.35 Å². The molecule has 0 radical (unpaired) electrons. The van der Waals surface area contributed by atoms with Crippen molar-refractivity contribution in [2.24, 2.45) is 0 Å². The Bertz CT molecular complexity index is 307. The zero-order valence-electron chi connectivity index (χ0n) is 7.95. The standard InChI is InChI=1S/C9H11BrO3S/c1-12-9(13-2)8(11)4-7-3-6(10)5-14-7/h3,5,9H,4H2,1-2H3. The molecule has 1 rings (SSSR count). The van der Waals surface area contributed by atoms with E-state index >= 15 is 0 Å². The lowest BCUT2D eigenvalue weighted by Crippen LogP contribution is -2.26. The molecule has 3 nitrogen and oxygen atoms in total. The predicted molar refractivity (Wildman–Crippen MR) is 58.5 cm³/mol. The van der Waals surface area contributed by atoms with Gasteiger partial charge < -0.3 is 9.47 Å². The Hall–Kier alpha value is -0.230. The first kappa shape index (κ1) is 11.8. The van der Waals surface area contributed by atoms with Crippen LogP contribution < -0.4 is 0 Å². The second-order valence-corrected chi connectivity index (χ2v) is 4.59. The summed E-state index contributed by atoms with van der Waals surface area (Å²) in [7, 11) is 2.91. The molecular formula is C9H11BrO3S. The minimum atomic E-state index is -0.754. The fourth-order valence-electron chi connectivity index (χ4n) is 1.06. The Balaban J connectivity index is 2.56. The monoisotopic (exact) mass is 278 g/mol. The van der Waals surface area contributed by atoms with E-state index in [2.05, 4.69) is 15.9 Å². The summed E-state index contributed by atoms with van der Waals surface area (Å²) >= 11 is 4.87. The molecule has 0 unspecified atom stereocenters. The first-order chi connectivity index (χ1) is 6.67. The van der Waals surface area contributed by atoms with E-state index in [-0.39, 0.29) is 5.78 Å². The van der Waals surface area contributed by atoms with Crippen LogP contribution in [0.4, 0.5) is 0 Å². The molecule has 1 aromatic heterocycles. The van der Waals surface area contributed by atoms with Crippen LogP contribution in [0.1, 0.15) is 4.88 Å². The maximum Gasteiger partial charge on any atom is 0.217 e. The fraction of sp³-hybridized carbons (Fsp3) is 0.444. The van der Waals surface area contributed by atoms with Crippen LogP contribution in [-0.2, 0) is 20.7 Å². The molecule has 0 fully saturated rings. The molecule has 0 saturated carbocycles. The molecule has 78 valence electrons. The highest BCUT2D eigenvalue weighted by atomic mass is 79.9. The molecule has 0 bridgehead atoms. The topological polar surface area (TPSA) is 35.5 Å². The highest BCUT2D eigenvalue weighted by molar-refractivity contribution is 9.10. The quantitative estimate of drug-likeness (QED) is 0.775. The van der Waals surface area contributed by atoms with Crippen molar-refractivity contribution in [2.45, 2.75) is 12.7 Å². The van der Waals surface area contributed by atoms with Crippen molar-refractivity contribution >= 4 is 33.0 Å². The van der Waals surface area contributed by atoms with Crippen molar-refractivity contribution in [1.29, 1.82) is 0 Å². The molecule has 0 aliphatic rings. The Kier molecular flexibility index (Phi) is 4.74. The van der Waals surface area contributed by atoms with E-state index in [0.29, 0.717) is 6.42 Å². The molecule has 14 heavy (non-hydrogen) atoms. The van der Waals surface area contributed by atoms with Crippen molar-refractivity contribution in [2.75, 3.05) is 14.2 Å². The lowest BCUT2D eigenvalue weighted by molar-refractivity contribution is -0.155. The summed E-state index contributed by atoms with van der Waals surface area (Å²) in [4.78, 5) is 12.5. The minimum Gasteiger partial charge on any atom is -0.349 e. The molecule has 1 heterocycles. The van der Waals surface area contributed by atoms with Crippen molar-refractivity contribution in [1.82, 2.24) is 0 Å². The van der Waals surface area contributed by atoms with E-state index in [1.54, 1.807) is 0 Å². The number of carbonyl (C=O) groups excluding carboxylic acids is 1. The third kappa shape index (κ3) is 3.16. The van der Waals surface area contributed by atoms with Gasteiger partial charge in [-0.05, 0) is 22.0 Å². The van der Waals surface area contributed by atoms with E-state index < -0.39 is 6.29 Å².